The number of rotatable bonds is 2. The van der Waals surface area contributed by atoms with Crippen LogP contribution >= 0.6 is 0 Å². The largest absolute Gasteiger partial charge is 0.279 e. The van der Waals surface area contributed by atoms with Crippen molar-refractivity contribution < 1.29 is 4.21 Å². The Morgan fingerprint density at radius 3 is 2.31 bits per heavy atom. The Labute approximate surface area is 80.0 Å². The van der Waals surface area contributed by atoms with Crippen LogP contribution in [0.25, 0.3) is 0 Å². The van der Waals surface area contributed by atoms with Crippen molar-refractivity contribution in [3.05, 3.63) is 29.8 Å². The molecule has 68 valence electrons. The Morgan fingerprint density at radius 2 is 1.85 bits per heavy atom. The summed E-state index contributed by atoms with van der Waals surface area (Å²) in [5.74, 6) is 0. The highest BCUT2D eigenvalue weighted by Gasteiger charge is 2.72. The third-order valence-corrected chi connectivity index (χ3v) is 4.73. The standard InChI is InChI=1S/C10H11NOS/c1-8-2-4-9(5-3-8)13(12)10-6-11(10)7-10/h2-5H,6-7H2,1H3. The fourth-order valence-electron chi connectivity index (χ4n) is 1.60. The Balaban J connectivity index is 1.92. The SMILES string of the molecule is Cc1ccc(S(=O)C23CN2C3)cc1. The average Bonchev–Trinajstić information content (AvgIpc) is 2.91. The average molecular weight is 193 g/mol. The number of benzene rings is 1. The minimum Gasteiger partial charge on any atom is -0.279 e. The van der Waals surface area contributed by atoms with Crippen LogP contribution in [0.4, 0.5) is 0 Å². The van der Waals surface area contributed by atoms with Gasteiger partial charge in [0, 0.05) is 18.0 Å². The van der Waals surface area contributed by atoms with Crippen molar-refractivity contribution in [1.29, 1.82) is 0 Å². The summed E-state index contributed by atoms with van der Waals surface area (Å²) in [5, 5.41) is 0. The van der Waals surface area contributed by atoms with Crippen molar-refractivity contribution in [1.82, 2.24) is 4.90 Å². The second-order valence-corrected chi connectivity index (χ2v) is 5.65. The molecule has 1 aromatic rings. The summed E-state index contributed by atoms with van der Waals surface area (Å²) >= 11 is 0. The summed E-state index contributed by atoms with van der Waals surface area (Å²) in [5.41, 5.74) is 1.22. The lowest BCUT2D eigenvalue weighted by Crippen LogP contribution is -2.10. The zero-order valence-corrected chi connectivity index (χ0v) is 8.30. The first-order valence-electron chi connectivity index (χ1n) is 4.46. The van der Waals surface area contributed by atoms with E-state index in [2.05, 4.69) is 4.90 Å². The van der Waals surface area contributed by atoms with Crippen LogP contribution in [0.5, 0.6) is 0 Å². The van der Waals surface area contributed by atoms with E-state index in [4.69, 9.17) is 0 Å². The Hall–Kier alpha value is -0.670. The maximum Gasteiger partial charge on any atom is 0.128 e. The van der Waals surface area contributed by atoms with E-state index >= 15 is 0 Å². The van der Waals surface area contributed by atoms with Gasteiger partial charge in [-0.1, -0.05) is 17.7 Å². The molecule has 13 heavy (non-hydrogen) atoms. The van der Waals surface area contributed by atoms with Crippen molar-refractivity contribution in [2.45, 2.75) is 16.7 Å². The minimum absolute atomic E-state index is 0.0786. The predicted molar refractivity (Wildman–Crippen MR) is 51.9 cm³/mol. The first-order chi connectivity index (χ1) is 6.22. The number of hydrogen-bond donors (Lipinski definition) is 0. The molecule has 1 aromatic carbocycles. The summed E-state index contributed by atoms with van der Waals surface area (Å²) in [6.45, 7) is 4.12. The molecule has 2 heterocycles. The molecule has 0 spiro atoms. The van der Waals surface area contributed by atoms with Gasteiger partial charge in [0.2, 0.25) is 0 Å². The van der Waals surface area contributed by atoms with Gasteiger partial charge in [-0.2, -0.15) is 0 Å². The molecule has 1 atom stereocenters. The molecule has 0 bridgehead atoms. The van der Waals surface area contributed by atoms with Crippen LogP contribution in [-0.4, -0.2) is 27.1 Å². The summed E-state index contributed by atoms with van der Waals surface area (Å²) in [6, 6.07) is 8.02. The predicted octanol–water partition coefficient (Wildman–Crippen LogP) is 1.13. The normalized spacial score (nSPS) is 36.5. The highest BCUT2D eigenvalue weighted by atomic mass is 32.2. The molecule has 2 saturated heterocycles. The molecule has 2 fully saturated rings. The van der Waals surface area contributed by atoms with E-state index in [0.717, 1.165) is 18.0 Å². The summed E-state index contributed by atoms with van der Waals surface area (Å²) < 4.78 is 12.0. The zero-order valence-electron chi connectivity index (χ0n) is 7.49. The van der Waals surface area contributed by atoms with Gasteiger partial charge >= 0.3 is 0 Å². The molecular weight excluding hydrogens is 182 g/mol. The van der Waals surface area contributed by atoms with E-state index in [1.54, 1.807) is 0 Å². The molecule has 0 saturated carbocycles. The maximum absolute atomic E-state index is 12.0. The topological polar surface area (TPSA) is 20.1 Å². The van der Waals surface area contributed by atoms with Crippen molar-refractivity contribution in [3.63, 3.8) is 0 Å². The first-order valence-corrected chi connectivity index (χ1v) is 5.61. The van der Waals surface area contributed by atoms with Crippen LogP contribution in [0.2, 0.25) is 0 Å². The third-order valence-electron chi connectivity index (χ3n) is 2.83. The molecule has 2 aliphatic rings. The molecule has 3 heteroatoms. The van der Waals surface area contributed by atoms with Gasteiger partial charge < -0.3 is 0 Å². The van der Waals surface area contributed by atoms with Crippen molar-refractivity contribution in [2.75, 3.05) is 13.1 Å². The van der Waals surface area contributed by atoms with Gasteiger partial charge in [-0.3, -0.25) is 9.11 Å². The van der Waals surface area contributed by atoms with Gasteiger partial charge in [-0.15, -0.1) is 0 Å². The lowest BCUT2D eigenvalue weighted by atomic mass is 10.2. The quantitative estimate of drug-likeness (QED) is 0.656. The van der Waals surface area contributed by atoms with Gasteiger partial charge in [-0.25, -0.2) is 0 Å². The monoisotopic (exact) mass is 193 g/mol. The van der Waals surface area contributed by atoms with E-state index in [1.807, 2.05) is 31.2 Å². The lowest BCUT2D eigenvalue weighted by Gasteiger charge is -2.01. The highest BCUT2D eigenvalue weighted by Crippen LogP contribution is 2.53. The molecule has 1 unspecified atom stereocenters. The maximum atomic E-state index is 12.0. The summed E-state index contributed by atoms with van der Waals surface area (Å²) in [7, 11) is -0.798. The van der Waals surface area contributed by atoms with E-state index in [0.29, 0.717) is 0 Å². The number of nitrogens with zero attached hydrogens (tertiary/aromatic N) is 1. The Bertz CT molecular complexity index is 378. The third kappa shape index (κ3) is 1.00. The molecule has 0 aliphatic carbocycles. The number of fused-ring (bicyclic) bond motifs is 1. The second-order valence-electron chi connectivity index (χ2n) is 3.88. The summed E-state index contributed by atoms with van der Waals surface area (Å²) in [4.78, 5) is 3.30. The molecule has 0 aromatic heterocycles. The number of hydrogen-bond acceptors (Lipinski definition) is 2. The van der Waals surface area contributed by atoms with Gasteiger partial charge in [-0.05, 0) is 19.1 Å². The smallest absolute Gasteiger partial charge is 0.128 e. The molecule has 0 N–H and O–H groups in total. The first kappa shape index (κ1) is 7.71. The zero-order chi connectivity index (χ0) is 9.05. The van der Waals surface area contributed by atoms with E-state index in [9.17, 15) is 4.21 Å². The molecule has 0 amide bonds. The summed E-state index contributed by atoms with van der Waals surface area (Å²) in [6.07, 6.45) is 0. The van der Waals surface area contributed by atoms with Gasteiger partial charge in [0.05, 0.1) is 10.8 Å². The van der Waals surface area contributed by atoms with Crippen molar-refractivity contribution in [2.24, 2.45) is 0 Å². The van der Waals surface area contributed by atoms with E-state index in [-0.39, 0.29) is 4.87 Å². The van der Waals surface area contributed by atoms with Gasteiger partial charge in [0.1, 0.15) is 4.87 Å². The van der Waals surface area contributed by atoms with Crippen LogP contribution in [0.15, 0.2) is 29.2 Å². The van der Waals surface area contributed by atoms with Crippen LogP contribution in [0.1, 0.15) is 5.56 Å². The molecular formula is C10H11NOS. The fourth-order valence-corrected chi connectivity index (χ4v) is 3.20. The van der Waals surface area contributed by atoms with Gasteiger partial charge in [0.15, 0.2) is 0 Å². The van der Waals surface area contributed by atoms with Crippen LogP contribution < -0.4 is 0 Å². The number of aryl methyl sites for hydroxylation is 1. The van der Waals surface area contributed by atoms with Crippen LogP contribution in [0.3, 0.4) is 0 Å². The Kier molecular flexibility index (Phi) is 1.32. The van der Waals surface area contributed by atoms with E-state index < -0.39 is 10.8 Å². The fraction of sp³-hybridized carbons (Fsp3) is 0.400. The Morgan fingerprint density at radius 1 is 1.31 bits per heavy atom. The molecule has 2 aliphatic heterocycles. The second kappa shape index (κ2) is 2.22. The highest BCUT2D eigenvalue weighted by molar-refractivity contribution is 7.87. The van der Waals surface area contributed by atoms with Crippen molar-refractivity contribution in [3.8, 4) is 0 Å². The molecule has 3 rings (SSSR count). The van der Waals surface area contributed by atoms with Crippen molar-refractivity contribution >= 4 is 10.8 Å². The molecule has 0 radical (unpaired) electrons. The molecule has 2 nitrogen and oxygen atoms in total. The van der Waals surface area contributed by atoms with Crippen LogP contribution in [0, 0.1) is 6.92 Å². The van der Waals surface area contributed by atoms with Gasteiger partial charge in [0.25, 0.3) is 0 Å². The van der Waals surface area contributed by atoms with E-state index in [1.165, 1.54) is 5.56 Å². The minimum atomic E-state index is -0.798. The lowest BCUT2D eigenvalue weighted by molar-refractivity contribution is 0.679. The van der Waals surface area contributed by atoms with Crippen LogP contribution in [-0.2, 0) is 10.8 Å².